The van der Waals surface area contributed by atoms with Gasteiger partial charge in [-0.05, 0) is 98.4 Å². The molecule has 3 rings (SSSR count). The van der Waals surface area contributed by atoms with Gasteiger partial charge in [0.1, 0.15) is 18.2 Å². The van der Waals surface area contributed by atoms with E-state index in [-0.39, 0.29) is 48.8 Å². The summed E-state index contributed by atoms with van der Waals surface area (Å²) in [7, 11) is -0.271. The molecule has 3 atom stereocenters. The van der Waals surface area contributed by atoms with Crippen molar-refractivity contribution < 1.29 is 33.2 Å². The summed E-state index contributed by atoms with van der Waals surface area (Å²) in [4.78, 5) is 39.6. The van der Waals surface area contributed by atoms with Gasteiger partial charge >= 0.3 is 19.2 Å². The van der Waals surface area contributed by atoms with Crippen LogP contribution in [0.1, 0.15) is 113 Å². The minimum Gasteiger partial charge on any atom is -0.460 e. The SMILES string of the molecule is CC(C)C[C@H](NC(=O)OC(C)(C)C)C(=O)N[C@H]1CC[C@@](CCCCB2OC(C)(C)C(C)(C)O2)(C(=O)OCc2ccccc2)C1. The van der Waals surface area contributed by atoms with Gasteiger partial charge in [0.15, 0.2) is 0 Å². The molecule has 1 saturated carbocycles. The first-order valence-electron chi connectivity index (χ1n) is 16.3. The quantitative estimate of drug-likeness (QED) is 0.147. The number of carbonyl (C=O) groups excluding carboxylic acids is 3. The summed E-state index contributed by atoms with van der Waals surface area (Å²) in [5.41, 5.74) is -1.18. The standard InChI is InChI=1S/C34H55BN2O7/c1-24(2)21-27(37-30(40)42-31(3,4)5)28(38)36-26-17-19-34(22-26,29(39)41-23-25-15-11-10-12-16-25)18-13-14-20-35-43-32(6,7)33(8,9)44-35/h10-12,15-16,24,26-27H,13-14,17-23H2,1-9H3,(H,36,38)(H,37,40)/t26-,27-,34+/m0/s1. The normalized spacial score (nSPS) is 23.3. The fourth-order valence-corrected chi connectivity index (χ4v) is 5.95. The van der Waals surface area contributed by atoms with Crippen LogP contribution in [0.4, 0.5) is 4.79 Å². The Labute approximate surface area is 265 Å². The minimum atomic E-state index is -0.732. The van der Waals surface area contributed by atoms with E-state index in [0.717, 1.165) is 24.7 Å². The summed E-state index contributed by atoms with van der Waals surface area (Å²) in [5.74, 6) is -0.302. The molecule has 2 fully saturated rings. The molecule has 44 heavy (non-hydrogen) atoms. The smallest absolute Gasteiger partial charge is 0.457 e. The first-order valence-corrected chi connectivity index (χ1v) is 16.3. The Morgan fingerprint density at radius 2 is 1.66 bits per heavy atom. The van der Waals surface area contributed by atoms with Gasteiger partial charge in [-0.15, -0.1) is 0 Å². The van der Waals surface area contributed by atoms with Crippen LogP contribution in [0.15, 0.2) is 30.3 Å². The summed E-state index contributed by atoms with van der Waals surface area (Å²) >= 11 is 0. The molecular weight excluding hydrogens is 559 g/mol. The van der Waals surface area contributed by atoms with Gasteiger partial charge in [-0.1, -0.05) is 57.0 Å². The first kappa shape index (κ1) is 35.9. The van der Waals surface area contributed by atoms with Crippen molar-refractivity contribution in [1.82, 2.24) is 10.6 Å². The zero-order valence-corrected chi connectivity index (χ0v) is 28.4. The van der Waals surface area contributed by atoms with Gasteiger partial charge in [0.05, 0.1) is 16.6 Å². The number of amides is 2. The van der Waals surface area contributed by atoms with Gasteiger partial charge < -0.3 is 29.4 Å². The van der Waals surface area contributed by atoms with Crippen LogP contribution in [0.25, 0.3) is 0 Å². The molecule has 1 aromatic rings. The molecule has 1 aromatic carbocycles. The van der Waals surface area contributed by atoms with E-state index < -0.39 is 23.2 Å². The van der Waals surface area contributed by atoms with Crippen molar-refractivity contribution in [3.8, 4) is 0 Å². The van der Waals surface area contributed by atoms with Crippen molar-refractivity contribution in [3.63, 3.8) is 0 Å². The lowest BCUT2D eigenvalue weighted by molar-refractivity contribution is -0.158. The third kappa shape index (κ3) is 10.2. The molecule has 1 aliphatic heterocycles. The van der Waals surface area contributed by atoms with Gasteiger partial charge in [-0.25, -0.2) is 4.79 Å². The zero-order valence-electron chi connectivity index (χ0n) is 28.4. The molecule has 0 bridgehead atoms. The number of carbonyl (C=O) groups is 3. The Kier molecular flexibility index (Phi) is 12.0. The number of hydrogen-bond donors (Lipinski definition) is 2. The van der Waals surface area contributed by atoms with E-state index in [0.29, 0.717) is 32.1 Å². The topological polar surface area (TPSA) is 112 Å². The Bertz CT molecular complexity index is 1100. The molecule has 1 aliphatic carbocycles. The predicted octanol–water partition coefficient (Wildman–Crippen LogP) is 6.59. The molecule has 9 nitrogen and oxygen atoms in total. The third-order valence-corrected chi connectivity index (χ3v) is 8.96. The maximum absolute atomic E-state index is 13.7. The molecule has 1 heterocycles. The number of esters is 1. The highest BCUT2D eigenvalue weighted by Crippen LogP contribution is 2.45. The van der Waals surface area contributed by atoms with Crippen molar-refractivity contribution in [2.24, 2.45) is 11.3 Å². The van der Waals surface area contributed by atoms with Gasteiger partial charge in [-0.2, -0.15) is 0 Å². The number of unbranched alkanes of at least 4 members (excludes halogenated alkanes) is 1. The lowest BCUT2D eigenvalue weighted by Gasteiger charge is -2.32. The summed E-state index contributed by atoms with van der Waals surface area (Å²) < 4.78 is 23.6. The number of alkyl carbamates (subject to hydrolysis) is 1. The van der Waals surface area contributed by atoms with E-state index in [1.54, 1.807) is 20.8 Å². The van der Waals surface area contributed by atoms with E-state index in [1.807, 2.05) is 71.9 Å². The van der Waals surface area contributed by atoms with Gasteiger partial charge in [-0.3, -0.25) is 9.59 Å². The lowest BCUT2D eigenvalue weighted by Crippen LogP contribution is -2.51. The number of rotatable bonds is 13. The number of ether oxygens (including phenoxy) is 2. The summed E-state index contributed by atoms with van der Waals surface area (Å²) in [6, 6.07) is 8.73. The average molecular weight is 615 g/mol. The van der Waals surface area contributed by atoms with Crippen LogP contribution in [0.3, 0.4) is 0 Å². The average Bonchev–Trinajstić information content (AvgIpc) is 3.40. The lowest BCUT2D eigenvalue weighted by atomic mass is 9.77. The van der Waals surface area contributed by atoms with Crippen LogP contribution in [-0.2, 0) is 35.0 Å². The van der Waals surface area contributed by atoms with Crippen molar-refractivity contribution in [1.29, 1.82) is 0 Å². The van der Waals surface area contributed by atoms with Crippen LogP contribution >= 0.6 is 0 Å². The molecule has 2 amide bonds. The second-order valence-electron chi connectivity index (χ2n) is 15.1. The third-order valence-electron chi connectivity index (χ3n) is 8.96. The molecular formula is C34H55BN2O7. The Hall–Kier alpha value is -2.59. The maximum Gasteiger partial charge on any atom is 0.457 e. The maximum atomic E-state index is 13.7. The van der Waals surface area contributed by atoms with E-state index in [2.05, 4.69) is 10.6 Å². The highest BCUT2D eigenvalue weighted by atomic mass is 16.7. The van der Waals surface area contributed by atoms with E-state index >= 15 is 0 Å². The fourth-order valence-electron chi connectivity index (χ4n) is 5.95. The van der Waals surface area contributed by atoms with Crippen molar-refractivity contribution in [2.75, 3.05) is 0 Å². The highest BCUT2D eigenvalue weighted by Gasteiger charge is 2.51. The van der Waals surface area contributed by atoms with Crippen LogP contribution in [0.2, 0.25) is 6.32 Å². The molecule has 10 heteroatoms. The molecule has 246 valence electrons. The predicted molar refractivity (Wildman–Crippen MR) is 172 cm³/mol. The minimum absolute atomic E-state index is 0.181. The van der Waals surface area contributed by atoms with E-state index in [1.165, 1.54) is 0 Å². The van der Waals surface area contributed by atoms with Gasteiger partial charge in [0, 0.05) is 6.04 Å². The highest BCUT2D eigenvalue weighted by molar-refractivity contribution is 6.45. The zero-order chi connectivity index (χ0) is 32.8. The molecule has 1 saturated heterocycles. The largest absolute Gasteiger partial charge is 0.460 e. The van der Waals surface area contributed by atoms with E-state index in [9.17, 15) is 14.4 Å². The monoisotopic (exact) mass is 614 g/mol. The Morgan fingerprint density at radius 1 is 1.02 bits per heavy atom. The molecule has 2 N–H and O–H groups in total. The molecule has 2 aliphatic rings. The van der Waals surface area contributed by atoms with Gasteiger partial charge in [0.25, 0.3) is 0 Å². The fraction of sp³-hybridized carbons (Fsp3) is 0.735. The Balaban J connectivity index is 1.64. The van der Waals surface area contributed by atoms with Crippen molar-refractivity contribution in [2.45, 2.75) is 149 Å². The van der Waals surface area contributed by atoms with Crippen molar-refractivity contribution in [3.05, 3.63) is 35.9 Å². The van der Waals surface area contributed by atoms with Crippen LogP contribution in [0, 0.1) is 11.3 Å². The second kappa shape index (κ2) is 14.7. The number of nitrogens with one attached hydrogen (secondary N) is 2. The molecule has 0 unspecified atom stereocenters. The van der Waals surface area contributed by atoms with Crippen LogP contribution < -0.4 is 10.6 Å². The van der Waals surface area contributed by atoms with E-state index in [4.69, 9.17) is 18.8 Å². The molecule has 0 aromatic heterocycles. The first-order chi connectivity index (χ1) is 20.4. The summed E-state index contributed by atoms with van der Waals surface area (Å²) in [5, 5.41) is 5.88. The van der Waals surface area contributed by atoms with Crippen molar-refractivity contribution >= 4 is 25.1 Å². The Morgan fingerprint density at radius 3 is 2.25 bits per heavy atom. The van der Waals surface area contributed by atoms with Crippen LogP contribution in [0.5, 0.6) is 0 Å². The molecule has 0 radical (unpaired) electrons. The summed E-state index contributed by atoms with van der Waals surface area (Å²) in [6.45, 7) is 17.8. The summed E-state index contributed by atoms with van der Waals surface area (Å²) in [6.07, 6.45) is 4.67. The van der Waals surface area contributed by atoms with Gasteiger partial charge in [0.2, 0.25) is 5.91 Å². The molecule has 0 spiro atoms. The number of benzene rings is 1. The van der Waals surface area contributed by atoms with Crippen LogP contribution in [-0.4, -0.2) is 54.0 Å². The second-order valence-corrected chi connectivity index (χ2v) is 15.1. The number of hydrogen-bond acceptors (Lipinski definition) is 7.